The Morgan fingerprint density at radius 1 is 0.921 bits per heavy atom. The van der Waals surface area contributed by atoms with Crippen molar-refractivity contribution >= 4 is 28.2 Å². The van der Waals surface area contributed by atoms with Gasteiger partial charge < -0.3 is 38.6 Å². The molecule has 0 saturated heterocycles. The standard InChI is InChI=1S/C28H31N3O6S/c1-33-23-8-7-18(12-24(23)34-2)9-10-29-28(38)31(17-21-6-5-11-37-21)16-20-13-19-14-25(35-3)26(36-4)15-22(19)30-27(20)32/h5-8,11-15H,9-10,16-17H2,1-4H3,(H,29,38)(H,30,32). The Balaban J connectivity index is 1.52. The van der Waals surface area contributed by atoms with Crippen LogP contribution in [-0.4, -0.2) is 50.0 Å². The van der Waals surface area contributed by atoms with Gasteiger partial charge >= 0.3 is 0 Å². The van der Waals surface area contributed by atoms with E-state index >= 15 is 0 Å². The number of hydrogen-bond donors (Lipinski definition) is 2. The normalized spacial score (nSPS) is 10.7. The lowest BCUT2D eigenvalue weighted by Gasteiger charge is -2.25. The van der Waals surface area contributed by atoms with Gasteiger partial charge in [-0.15, -0.1) is 0 Å². The van der Waals surface area contributed by atoms with Crippen molar-refractivity contribution in [2.24, 2.45) is 0 Å². The second-order valence-corrected chi connectivity index (χ2v) is 8.91. The molecule has 0 saturated carbocycles. The molecule has 2 heterocycles. The maximum Gasteiger partial charge on any atom is 0.253 e. The molecule has 0 aliphatic rings. The van der Waals surface area contributed by atoms with E-state index in [2.05, 4.69) is 10.3 Å². The van der Waals surface area contributed by atoms with Crippen LogP contribution in [0.4, 0.5) is 0 Å². The summed E-state index contributed by atoms with van der Waals surface area (Å²) in [6.45, 7) is 1.27. The Morgan fingerprint density at radius 3 is 2.32 bits per heavy atom. The maximum absolute atomic E-state index is 13.0. The highest BCUT2D eigenvalue weighted by Crippen LogP contribution is 2.31. The monoisotopic (exact) mass is 537 g/mol. The predicted octanol–water partition coefficient (Wildman–Crippen LogP) is 4.27. The van der Waals surface area contributed by atoms with E-state index < -0.39 is 0 Å². The number of furan rings is 1. The molecule has 2 aromatic carbocycles. The third-order valence-corrected chi connectivity index (χ3v) is 6.54. The lowest BCUT2D eigenvalue weighted by atomic mass is 10.1. The Bertz CT molecular complexity index is 1450. The minimum absolute atomic E-state index is 0.206. The molecule has 0 aliphatic heterocycles. The minimum Gasteiger partial charge on any atom is -0.493 e. The number of nitrogens with zero attached hydrogens (tertiary/aromatic N) is 1. The van der Waals surface area contributed by atoms with Gasteiger partial charge in [-0.3, -0.25) is 4.79 Å². The summed E-state index contributed by atoms with van der Waals surface area (Å²) in [4.78, 5) is 17.8. The zero-order valence-corrected chi connectivity index (χ0v) is 22.6. The van der Waals surface area contributed by atoms with Crippen molar-refractivity contribution in [1.29, 1.82) is 0 Å². The number of methoxy groups -OCH3 is 4. The molecule has 0 atom stereocenters. The molecule has 4 aromatic rings. The van der Waals surface area contributed by atoms with E-state index in [1.54, 1.807) is 40.8 Å². The summed E-state index contributed by atoms with van der Waals surface area (Å²) >= 11 is 5.74. The number of hydrogen-bond acceptors (Lipinski definition) is 7. The lowest BCUT2D eigenvalue weighted by Crippen LogP contribution is -2.40. The molecule has 0 radical (unpaired) electrons. The first-order valence-corrected chi connectivity index (χ1v) is 12.4. The van der Waals surface area contributed by atoms with Crippen LogP contribution in [0.1, 0.15) is 16.9 Å². The second kappa shape index (κ2) is 12.4. The topological polar surface area (TPSA) is 98.2 Å². The summed E-state index contributed by atoms with van der Waals surface area (Å²) in [7, 11) is 6.36. The Hall–Kier alpha value is -4.18. The van der Waals surface area contributed by atoms with Gasteiger partial charge in [-0.05, 0) is 60.6 Å². The van der Waals surface area contributed by atoms with Crippen LogP contribution in [0.3, 0.4) is 0 Å². The number of rotatable bonds is 11. The van der Waals surface area contributed by atoms with E-state index in [1.165, 1.54) is 0 Å². The lowest BCUT2D eigenvalue weighted by molar-refractivity contribution is 0.350. The van der Waals surface area contributed by atoms with E-state index in [0.29, 0.717) is 58.7 Å². The Labute approximate surface area is 226 Å². The Morgan fingerprint density at radius 2 is 1.63 bits per heavy atom. The third-order valence-electron chi connectivity index (χ3n) is 6.14. The third kappa shape index (κ3) is 6.20. The average molecular weight is 538 g/mol. The molecule has 0 spiro atoms. The average Bonchev–Trinajstić information content (AvgIpc) is 3.45. The minimum atomic E-state index is -0.206. The number of thiocarbonyl (C=S) groups is 1. The molecule has 200 valence electrons. The van der Waals surface area contributed by atoms with Crippen LogP contribution in [-0.2, 0) is 19.5 Å². The molecule has 0 unspecified atom stereocenters. The SMILES string of the molecule is COc1ccc(CCNC(=S)N(Cc2ccco2)Cc2cc3cc(OC)c(OC)cc3[nH]c2=O)cc1OC. The first kappa shape index (κ1) is 26.9. The molecule has 2 aromatic heterocycles. The van der Waals surface area contributed by atoms with Crippen molar-refractivity contribution in [3.63, 3.8) is 0 Å². The van der Waals surface area contributed by atoms with Crippen LogP contribution in [0.25, 0.3) is 10.9 Å². The fraction of sp³-hybridized carbons (Fsp3) is 0.286. The summed E-state index contributed by atoms with van der Waals surface area (Å²) in [5, 5.41) is 4.64. The first-order valence-electron chi connectivity index (χ1n) is 12.0. The van der Waals surface area contributed by atoms with E-state index in [0.717, 1.165) is 16.7 Å². The number of benzene rings is 2. The molecule has 0 amide bonds. The molecule has 0 aliphatic carbocycles. The molecule has 38 heavy (non-hydrogen) atoms. The molecule has 0 bridgehead atoms. The zero-order chi connectivity index (χ0) is 27.1. The highest BCUT2D eigenvalue weighted by Gasteiger charge is 2.16. The van der Waals surface area contributed by atoms with Gasteiger partial charge in [0.05, 0.1) is 53.3 Å². The number of aromatic nitrogens is 1. The van der Waals surface area contributed by atoms with Gasteiger partial charge in [-0.1, -0.05) is 6.07 Å². The van der Waals surface area contributed by atoms with Crippen molar-refractivity contribution in [3.05, 3.63) is 82.0 Å². The van der Waals surface area contributed by atoms with Crippen molar-refractivity contribution in [2.45, 2.75) is 19.5 Å². The van der Waals surface area contributed by atoms with Crippen molar-refractivity contribution in [2.75, 3.05) is 35.0 Å². The molecular weight excluding hydrogens is 506 g/mol. The molecule has 4 rings (SSSR count). The van der Waals surface area contributed by atoms with Crippen LogP contribution in [0.15, 0.2) is 64.0 Å². The van der Waals surface area contributed by atoms with Crippen molar-refractivity contribution < 1.29 is 23.4 Å². The second-order valence-electron chi connectivity index (χ2n) is 8.52. The largest absolute Gasteiger partial charge is 0.493 e. The fourth-order valence-corrected chi connectivity index (χ4v) is 4.38. The smallest absolute Gasteiger partial charge is 0.253 e. The Kier molecular flexibility index (Phi) is 8.75. The van der Waals surface area contributed by atoms with Gasteiger partial charge in [0.1, 0.15) is 5.76 Å². The summed E-state index contributed by atoms with van der Waals surface area (Å²) in [6, 6.07) is 14.9. The van der Waals surface area contributed by atoms with Gasteiger partial charge in [0.25, 0.3) is 5.56 Å². The number of fused-ring (bicyclic) bond motifs is 1. The fourth-order valence-electron chi connectivity index (χ4n) is 4.15. The summed E-state index contributed by atoms with van der Waals surface area (Å²) in [5.41, 5.74) is 2.08. The maximum atomic E-state index is 13.0. The van der Waals surface area contributed by atoms with E-state index in [4.69, 9.17) is 35.6 Å². The van der Waals surface area contributed by atoms with Gasteiger partial charge in [-0.2, -0.15) is 0 Å². The number of nitrogens with one attached hydrogen (secondary N) is 2. The van der Waals surface area contributed by atoms with Crippen LogP contribution in [0.2, 0.25) is 0 Å². The van der Waals surface area contributed by atoms with Crippen LogP contribution >= 0.6 is 12.2 Å². The molecule has 0 fully saturated rings. The number of H-pyrrole nitrogens is 1. The van der Waals surface area contributed by atoms with Gasteiger partial charge in [0, 0.05) is 23.6 Å². The summed E-state index contributed by atoms with van der Waals surface area (Å²) in [5.74, 6) is 3.22. The highest BCUT2D eigenvalue weighted by atomic mass is 32.1. The zero-order valence-electron chi connectivity index (χ0n) is 21.8. The molecular formula is C28H31N3O6S. The first-order chi connectivity index (χ1) is 18.4. The van der Waals surface area contributed by atoms with Gasteiger partial charge in [0.15, 0.2) is 28.1 Å². The molecule has 9 nitrogen and oxygen atoms in total. The van der Waals surface area contributed by atoms with Crippen LogP contribution in [0.5, 0.6) is 23.0 Å². The van der Waals surface area contributed by atoms with Crippen molar-refractivity contribution in [3.8, 4) is 23.0 Å². The highest BCUT2D eigenvalue weighted by molar-refractivity contribution is 7.80. The number of ether oxygens (including phenoxy) is 4. The van der Waals surface area contributed by atoms with E-state index in [1.807, 2.05) is 47.4 Å². The van der Waals surface area contributed by atoms with Gasteiger partial charge in [-0.25, -0.2) is 0 Å². The number of aromatic amines is 1. The quantitative estimate of drug-likeness (QED) is 0.272. The van der Waals surface area contributed by atoms with E-state index in [-0.39, 0.29) is 12.1 Å². The van der Waals surface area contributed by atoms with Crippen LogP contribution < -0.4 is 29.8 Å². The predicted molar refractivity (Wildman–Crippen MR) is 149 cm³/mol. The summed E-state index contributed by atoms with van der Waals surface area (Å²) in [6.07, 6.45) is 2.33. The molecule has 2 N–H and O–H groups in total. The van der Waals surface area contributed by atoms with Gasteiger partial charge in [0.2, 0.25) is 0 Å². The molecule has 10 heteroatoms. The summed E-state index contributed by atoms with van der Waals surface area (Å²) < 4.78 is 27.1. The van der Waals surface area contributed by atoms with E-state index in [9.17, 15) is 4.79 Å². The van der Waals surface area contributed by atoms with Crippen molar-refractivity contribution in [1.82, 2.24) is 15.2 Å². The number of pyridine rings is 1. The van der Waals surface area contributed by atoms with Crippen LogP contribution in [0, 0.1) is 0 Å².